The molecule has 0 aliphatic heterocycles. The van der Waals surface area contributed by atoms with Gasteiger partial charge < -0.3 is 5.11 Å². The van der Waals surface area contributed by atoms with Crippen LogP contribution in [0.1, 0.15) is 76.4 Å². The molecule has 0 spiro atoms. The number of rotatable bonds is 6. The number of nitrogens with zero attached hydrogens (tertiary/aromatic N) is 3. The van der Waals surface area contributed by atoms with Gasteiger partial charge in [0.1, 0.15) is 5.82 Å². The van der Waals surface area contributed by atoms with Crippen molar-refractivity contribution in [2.75, 3.05) is 0 Å². The minimum atomic E-state index is -0.727. The molecule has 0 radical (unpaired) electrons. The Labute approximate surface area is 126 Å². The minimum absolute atomic E-state index is 0.459. The van der Waals surface area contributed by atoms with Crippen molar-refractivity contribution in [2.45, 2.75) is 71.1 Å². The molecule has 5 nitrogen and oxygen atoms in total. The lowest BCUT2D eigenvalue weighted by molar-refractivity contribution is -0.149. The lowest BCUT2D eigenvalue weighted by Crippen LogP contribution is -2.33. The lowest BCUT2D eigenvalue weighted by Gasteiger charge is -2.25. The molecule has 1 fully saturated rings. The Morgan fingerprint density at radius 2 is 1.90 bits per heavy atom. The zero-order valence-electron chi connectivity index (χ0n) is 13.4. The number of hydrogen-bond donors (Lipinski definition) is 1. The number of carboxylic acid groups (broad SMARTS) is 1. The highest BCUT2D eigenvalue weighted by molar-refractivity contribution is 5.74. The van der Waals surface area contributed by atoms with Crippen LogP contribution in [-0.4, -0.2) is 25.8 Å². The van der Waals surface area contributed by atoms with Crippen molar-refractivity contribution >= 4 is 5.97 Å². The van der Waals surface area contributed by atoms with Crippen LogP contribution in [0.15, 0.2) is 0 Å². The van der Waals surface area contributed by atoms with E-state index in [1.54, 1.807) is 4.68 Å². The second kappa shape index (κ2) is 6.58. The van der Waals surface area contributed by atoms with Gasteiger partial charge in [0.15, 0.2) is 5.82 Å². The number of aromatic nitrogens is 3. The molecule has 1 heterocycles. The maximum atomic E-state index is 11.7. The van der Waals surface area contributed by atoms with E-state index in [0.29, 0.717) is 25.2 Å². The molecule has 0 unspecified atom stereocenters. The summed E-state index contributed by atoms with van der Waals surface area (Å²) < 4.78 is 1.78. The van der Waals surface area contributed by atoms with Crippen molar-refractivity contribution in [2.24, 2.45) is 12.5 Å². The first-order valence-electron chi connectivity index (χ1n) is 8.15. The molecule has 0 atom stereocenters. The molecular formula is C16H27N3O2. The predicted octanol–water partition coefficient (Wildman–Crippen LogP) is 3.30. The van der Waals surface area contributed by atoms with Crippen LogP contribution >= 0.6 is 0 Å². The third-order valence-corrected chi connectivity index (χ3v) is 5.14. The molecule has 1 saturated carbocycles. The van der Waals surface area contributed by atoms with Gasteiger partial charge in [0.2, 0.25) is 0 Å². The molecular weight excluding hydrogens is 266 g/mol. The van der Waals surface area contributed by atoms with Gasteiger partial charge >= 0.3 is 5.97 Å². The van der Waals surface area contributed by atoms with Gasteiger partial charge in [0, 0.05) is 19.4 Å². The van der Waals surface area contributed by atoms with Gasteiger partial charge in [-0.3, -0.25) is 9.48 Å². The van der Waals surface area contributed by atoms with Crippen molar-refractivity contribution in [3.05, 3.63) is 11.6 Å². The molecule has 2 rings (SSSR count). The maximum Gasteiger partial charge on any atom is 0.310 e. The quantitative estimate of drug-likeness (QED) is 0.873. The number of aryl methyl sites for hydroxylation is 1. The van der Waals surface area contributed by atoms with Crippen molar-refractivity contribution in [3.8, 4) is 0 Å². The summed E-state index contributed by atoms with van der Waals surface area (Å²) in [4.78, 5) is 16.3. The average molecular weight is 293 g/mol. The Morgan fingerprint density at radius 1 is 1.29 bits per heavy atom. The maximum absolute atomic E-state index is 11.7. The highest BCUT2D eigenvalue weighted by Gasteiger charge is 2.37. The molecule has 21 heavy (non-hydrogen) atoms. The van der Waals surface area contributed by atoms with Gasteiger partial charge in [0.25, 0.3) is 0 Å². The molecule has 1 aliphatic carbocycles. The molecule has 0 saturated heterocycles. The molecule has 0 amide bonds. The molecule has 1 N–H and O–H groups in total. The third kappa shape index (κ3) is 3.27. The summed E-state index contributed by atoms with van der Waals surface area (Å²) in [5, 5.41) is 14.1. The predicted molar refractivity (Wildman–Crippen MR) is 81.2 cm³/mol. The van der Waals surface area contributed by atoms with Crippen LogP contribution in [0.25, 0.3) is 0 Å². The normalized spacial score (nSPS) is 17.1. The first-order chi connectivity index (χ1) is 10.0. The number of carbonyl (C=O) groups is 1. The molecule has 1 aromatic rings. The van der Waals surface area contributed by atoms with Crippen LogP contribution < -0.4 is 0 Å². The molecule has 118 valence electrons. The second-order valence-electron chi connectivity index (χ2n) is 6.31. The summed E-state index contributed by atoms with van der Waals surface area (Å²) in [5.74, 6) is 1.45. The van der Waals surface area contributed by atoms with E-state index in [0.717, 1.165) is 24.5 Å². The Kier molecular flexibility index (Phi) is 5.01. The van der Waals surface area contributed by atoms with Crippen LogP contribution in [0.2, 0.25) is 0 Å². The SMILES string of the molecule is CCC(CC)(Cc1nc(C2CCCCC2)nn1C)C(=O)O. The highest BCUT2D eigenvalue weighted by Crippen LogP contribution is 2.33. The number of hydrogen-bond acceptors (Lipinski definition) is 3. The van der Waals surface area contributed by atoms with E-state index < -0.39 is 11.4 Å². The van der Waals surface area contributed by atoms with Gasteiger partial charge in [-0.1, -0.05) is 33.1 Å². The Balaban J connectivity index is 2.20. The van der Waals surface area contributed by atoms with Crippen molar-refractivity contribution in [1.82, 2.24) is 14.8 Å². The van der Waals surface area contributed by atoms with Crippen molar-refractivity contribution < 1.29 is 9.90 Å². The van der Waals surface area contributed by atoms with Gasteiger partial charge in [-0.05, 0) is 25.7 Å². The summed E-state index contributed by atoms with van der Waals surface area (Å²) in [5.41, 5.74) is -0.718. The van der Waals surface area contributed by atoms with Gasteiger partial charge in [-0.15, -0.1) is 0 Å². The van der Waals surface area contributed by atoms with Crippen LogP contribution in [0.4, 0.5) is 0 Å². The van der Waals surface area contributed by atoms with Crippen LogP contribution in [0, 0.1) is 5.41 Å². The largest absolute Gasteiger partial charge is 0.481 e. The summed E-state index contributed by atoms with van der Waals surface area (Å²) >= 11 is 0. The third-order valence-electron chi connectivity index (χ3n) is 5.14. The summed E-state index contributed by atoms with van der Waals surface area (Å²) in [7, 11) is 1.88. The van der Waals surface area contributed by atoms with E-state index >= 15 is 0 Å². The number of aliphatic carboxylic acids is 1. The fourth-order valence-electron chi connectivity index (χ4n) is 3.31. The number of carboxylic acids is 1. The molecule has 0 aromatic carbocycles. The van der Waals surface area contributed by atoms with Gasteiger partial charge in [0.05, 0.1) is 5.41 Å². The van der Waals surface area contributed by atoms with E-state index in [4.69, 9.17) is 0 Å². The van der Waals surface area contributed by atoms with E-state index in [9.17, 15) is 9.90 Å². The Morgan fingerprint density at radius 3 is 2.43 bits per heavy atom. The molecule has 1 aromatic heterocycles. The Bertz CT molecular complexity index is 486. The second-order valence-corrected chi connectivity index (χ2v) is 6.31. The highest BCUT2D eigenvalue weighted by atomic mass is 16.4. The van der Waals surface area contributed by atoms with E-state index in [1.807, 2.05) is 20.9 Å². The first-order valence-corrected chi connectivity index (χ1v) is 8.15. The zero-order valence-corrected chi connectivity index (χ0v) is 13.4. The minimum Gasteiger partial charge on any atom is -0.481 e. The monoisotopic (exact) mass is 293 g/mol. The zero-order chi connectivity index (χ0) is 15.5. The summed E-state index contributed by atoms with van der Waals surface area (Å²) in [6.45, 7) is 3.88. The standard InChI is InChI=1S/C16H27N3O2/c1-4-16(5-2,15(20)21)11-13-17-14(18-19(13)3)12-9-7-6-8-10-12/h12H,4-11H2,1-3H3,(H,20,21). The van der Waals surface area contributed by atoms with Crippen molar-refractivity contribution in [3.63, 3.8) is 0 Å². The summed E-state index contributed by atoms with van der Waals surface area (Å²) in [6, 6.07) is 0. The lowest BCUT2D eigenvalue weighted by atomic mass is 9.79. The van der Waals surface area contributed by atoms with Crippen LogP contribution in [0.3, 0.4) is 0 Å². The summed E-state index contributed by atoms with van der Waals surface area (Å²) in [6.07, 6.45) is 7.83. The molecule has 5 heteroatoms. The Hall–Kier alpha value is -1.39. The topological polar surface area (TPSA) is 68.0 Å². The fourth-order valence-corrected chi connectivity index (χ4v) is 3.31. The smallest absolute Gasteiger partial charge is 0.310 e. The van der Waals surface area contributed by atoms with Crippen LogP contribution in [0.5, 0.6) is 0 Å². The fraction of sp³-hybridized carbons (Fsp3) is 0.812. The van der Waals surface area contributed by atoms with Crippen LogP contribution in [-0.2, 0) is 18.3 Å². The van der Waals surface area contributed by atoms with Crippen molar-refractivity contribution in [1.29, 1.82) is 0 Å². The van der Waals surface area contributed by atoms with Gasteiger partial charge in [-0.2, -0.15) is 5.10 Å². The average Bonchev–Trinajstić information content (AvgIpc) is 2.86. The van der Waals surface area contributed by atoms with E-state index in [2.05, 4.69) is 10.1 Å². The van der Waals surface area contributed by atoms with Gasteiger partial charge in [-0.25, -0.2) is 4.98 Å². The molecule has 1 aliphatic rings. The first kappa shape index (κ1) is 16.0. The van der Waals surface area contributed by atoms with E-state index in [1.165, 1.54) is 19.3 Å². The van der Waals surface area contributed by atoms with E-state index in [-0.39, 0.29) is 0 Å². The molecule has 0 bridgehead atoms.